The average molecular weight is 398 g/mol. The highest BCUT2D eigenvalue weighted by Gasteiger charge is 2.36. The lowest BCUT2D eigenvalue weighted by Crippen LogP contribution is -2.31. The summed E-state index contributed by atoms with van der Waals surface area (Å²) in [6.07, 6.45) is 0.845. The molecule has 0 spiro atoms. The summed E-state index contributed by atoms with van der Waals surface area (Å²) in [5.41, 5.74) is 2.58. The molecular weight excluding hydrogens is 375 g/mol. The molecule has 2 aromatic rings. The van der Waals surface area contributed by atoms with E-state index in [-0.39, 0.29) is 31.2 Å². The highest BCUT2D eigenvalue weighted by Crippen LogP contribution is 2.29. The Hall–Kier alpha value is -3.22. The monoisotopic (exact) mass is 398 g/mol. The molecule has 0 unspecified atom stereocenters. The van der Waals surface area contributed by atoms with Crippen molar-refractivity contribution in [3.05, 3.63) is 65.5 Å². The lowest BCUT2D eigenvalue weighted by Gasteiger charge is -2.19. The van der Waals surface area contributed by atoms with Crippen molar-refractivity contribution < 1.29 is 23.5 Å². The van der Waals surface area contributed by atoms with Crippen LogP contribution in [0.1, 0.15) is 24.5 Å². The van der Waals surface area contributed by atoms with Crippen LogP contribution in [0.3, 0.4) is 0 Å². The number of nitrogens with zero attached hydrogens (tertiary/aromatic N) is 1. The maximum absolute atomic E-state index is 12.9. The van der Waals surface area contributed by atoms with E-state index in [1.54, 1.807) is 17.0 Å². The summed E-state index contributed by atoms with van der Waals surface area (Å²) >= 11 is 0. The summed E-state index contributed by atoms with van der Waals surface area (Å²) in [6, 6.07) is 13.3. The predicted molar refractivity (Wildman–Crippen MR) is 105 cm³/mol. The number of ether oxygens (including phenoxy) is 1. The number of benzene rings is 2. The van der Waals surface area contributed by atoms with Crippen LogP contribution < -0.4 is 10.2 Å². The van der Waals surface area contributed by atoms with Crippen LogP contribution in [0.5, 0.6) is 0 Å². The summed E-state index contributed by atoms with van der Waals surface area (Å²) in [4.78, 5) is 38.2. The molecule has 0 radical (unpaired) electrons. The zero-order chi connectivity index (χ0) is 20.8. The molecule has 1 aliphatic heterocycles. The van der Waals surface area contributed by atoms with Gasteiger partial charge in [-0.1, -0.05) is 37.3 Å². The van der Waals surface area contributed by atoms with Crippen molar-refractivity contribution >= 4 is 23.5 Å². The van der Waals surface area contributed by atoms with Crippen molar-refractivity contribution in [1.29, 1.82) is 0 Å². The largest absolute Gasteiger partial charge is 0.455 e. The van der Waals surface area contributed by atoms with Crippen molar-refractivity contribution in [2.24, 2.45) is 5.92 Å². The van der Waals surface area contributed by atoms with Crippen molar-refractivity contribution in [2.45, 2.75) is 26.3 Å². The van der Waals surface area contributed by atoms with Gasteiger partial charge in [0.25, 0.3) is 5.91 Å². The fourth-order valence-corrected chi connectivity index (χ4v) is 3.28. The molecule has 1 atom stereocenters. The van der Waals surface area contributed by atoms with E-state index in [1.807, 2.05) is 31.2 Å². The number of carbonyl (C=O) groups is 3. The minimum Gasteiger partial charge on any atom is -0.455 e. The van der Waals surface area contributed by atoms with E-state index in [0.717, 1.165) is 23.2 Å². The molecule has 0 aromatic heterocycles. The number of anilines is 1. The van der Waals surface area contributed by atoms with E-state index in [4.69, 9.17) is 4.74 Å². The Morgan fingerprint density at radius 3 is 2.62 bits per heavy atom. The van der Waals surface area contributed by atoms with Gasteiger partial charge in [-0.25, -0.2) is 4.39 Å². The number of esters is 1. The minimum atomic E-state index is -0.600. The third-order valence-electron chi connectivity index (χ3n) is 4.87. The molecule has 0 aliphatic carbocycles. The van der Waals surface area contributed by atoms with E-state index in [9.17, 15) is 18.8 Å². The van der Waals surface area contributed by atoms with Crippen LogP contribution >= 0.6 is 0 Å². The van der Waals surface area contributed by atoms with Gasteiger partial charge in [0.15, 0.2) is 6.61 Å². The first kappa shape index (κ1) is 20.5. The number of aryl methyl sites for hydroxylation is 1. The molecule has 2 amide bonds. The van der Waals surface area contributed by atoms with E-state index >= 15 is 0 Å². The zero-order valence-corrected chi connectivity index (χ0v) is 16.2. The molecule has 29 heavy (non-hydrogen) atoms. The molecule has 1 fully saturated rings. The first-order valence-electron chi connectivity index (χ1n) is 9.54. The van der Waals surface area contributed by atoms with Gasteiger partial charge in [0.2, 0.25) is 5.91 Å². The van der Waals surface area contributed by atoms with E-state index in [1.165, 1.54) is 12.1 Å². The Balaban J connectivity index is 1.49. The van der Waals surface area contributed by atoms with Crippen LogP contribution in [0.25, 0.3) is 0 Å². The molecule has 0 bridgehead atoms. The SMILES string of the molecule is CCc1ccccc1N1C[C@H](C(=O)OCC(=O)NCc2ccc(F)cc2)CC1=O. The van der Waals surface area contributed by atoms with Gasteiger partial charge in [-0.3, -0.25) is 14.4 Å². The molecule has 152 valence electrons. The third-order valence-corrected chi connectivity index (χ3v) is 4.87. The fourth-order valence-electron chi connectivity index (χ4n) is 3.28. The second kappa shape index (κ2) is 9.32. The Labute approximate surface area is 168 Å². The van der Waals surface area contributed by atoms with Gasteiger partial charge in [-0.2, -0.15) is 0 Å². The number of halogens is 1. The average Bonchev–Trinajstić information content (AvgIpc) is 3.13. The highest BCUT2D eigenvalue weighted by molar-refractivity contribution is 6.00. The molecular formula is C22H23FN2O4. The smallest absolute Gasteiger partial charge is 0.311 e. The number of para-hydroxylation sites is 1. The molecule has 3 rings (SSSR count). The first-order valence-corrected chi connectivity index (χ1v) is 9.54. The maximum atomic E-state index is 12.9. The number of nitrogens with one attached hydrogen (secondary N) is 1. The van der Waals surface area contributed by atoms with Crippen LogP contribution in [0.2, 0.25) is 0 Å². The topological polar surface area (TPSA) is 75.7 Å². The van der Waals surface area contributed by atoms with Crippen molar-refractivity contribution in [2.75, 3.05) is 18.1 Å². The lowest BCUT2D eigenvalue weighted by molar-refractivity contribution is -0.152. The molecule has 2 aromatic carbocycles. The summed E-state index contributed by atoms with van der Waals surface area (Å²) in [5, 5.41) is 2.61. The summed E-state index contributed by atoms with van der Waals surface area (Å²) < 4.78 is 18.0. The van der Waals surface area contributed by atoms with Crippen LogP contribution in [0.15, 0.2) is 48.5 Å². The number of hydrogen-bond acceptors (Lipinski definition) is 4. The minimum absolute atomic E-state index is 0.0636. The quantitative estimate of drug-likeness (QED) is 0.728. The standard InChI is InChI=1S/C22H23FN2O4/c1-2-16-5-3-4-6-19(16)25-13-17(11-21(25)27)22(28)29-14-20(26)24-12-15-7-9-18(23)10-8-15/h3-10,17H,2,11-14H2,1H3,(H,24,26)/t17-/m1/s1. The summed E-state index contributed by atoms with van der Waals surface area (Å²) in [6.45, 7) is 2.04. The third kappa shape index (κ3) is 5.19. The van der Waals surface area contributed by atoms with Gasteiger partial charge in [-0.15, -0.1) is 0 Å². The molecule has 1 saturated heterocycles. The Kier molecular flexibility index (Phi) is 6.59. The molecule has 1 N–H and O–H groups in total. The molecule has 0 saturated carbocycles. The van der Waals surface area contributed by atoms with Crippen molar-refractivity contribution in [3.8, 4) is 0 Å². The van der Waals surface area contributed by atoms with Crippen LogP contribution in [0.4, 0.5) is 10.1 Å². The predicted octanol–water partition coefficient (Wildman–Crippen LogP) is 2.60. The van der Waals surface area contributed by atoms with Gasteiger partial charge in [0.1, 0.15) is 5.82 Å². The number of hydrogen-bond donors (Lipinski definition) is 1. The number of rotatable bonds is 7. The van der Waals surface area contributed by atoms with Gasteiger partial charge >= 0.3 is 5.97 Å². The lowest BCUT2D eigenvalue weighted by atomic mass is 10.1. The number of carbonyl (C=O) groups excluding carboxylic acids is 3. The summed E-state index contributed by atoms with van der Waals surface area (Å²) in [5.74, 6) is -2.10. The van der Waals surface area contributed by atoms with Crippen molar-refractivity contribution in [3.63, 3.8) is 0 Å². The Bertz CT molecular complexity index is 898. The molecule has 6 nitrogen and oxygen atoms in total. The van der Waals surface area contributed by atoms with Gasteiger partial charge in [0, 0.05) is 25.2 Å². The second-order valence-electron chi connectivity index (χ2n) is 6.90. The fraction of sp³-hybridized carbons (Fsp3) is 0.318. The Morgan fingerprint density at radius 2 is 1.90 bits per heavy atom. The maximum Gasteiger partial charge on any atom is 0.311 e. The van der Waals surface area contributed by atoms with Crippen LogP contribution in [-0.2, 0) is 32.1 Å². The van der Waals surface area contributed by atoms with E-state index in [0.29, 0.717) is 0 Å². The van der Waals surface area contributed by atoms with Gasteiger partial charge in [-0.05, 0) is 35.7 Å². The summed E-state index contributed by atoms with van der Waals surface area (Å²) in [7, 11) is 0. The zero-order valence-electron chi connectivity index (χ0n) is 16.2. The highest BCUT2D eigenvalue weighted by atomic mass is 19.1. The second-order valence-corrected chi connectivity index (χ2v) is 6.90. The Morgan fingerprint density at radius 1 is 1.17 bits per heavy atom. The first-order chi connectivity index (χ1) is 14.0. The van der Waals surface area contributed by atoms with Crippen LogP contribution in [-0.4, -0.2) is 30.9 Å². The van der Waals surface area contributed by atoms with E-state index in [2.05, 4.69) is 5.32 Å². The van der Waals surface area contributed by atoms with E-state index < -0.39 is 24.4 Å². The normalized spacial score (nSPS) is 16.0. The van der Waals surface area contributed by atoms with Crippen LogP contribution in [0, 0.1) is 11.7 Å². The molecule has 7 heteroatoms. The van der Waals surface area contributed by atoms with Gasteiger partial charge in [0.05, 0.1) is 5.92 Å². The van der Waals surface area contributed by atoms with Crippen molar-refractivity contribution in [1.82, 2.24) is 5.32 Å². The van der Waals surface area contributed by atoms with Gasteiger partial charge < -0.3 is 15.0 Å². The number of amides is 2. The molecule has 1 heterocycles. The molecule has 1 aliphatic rings.